The minimum atomic E-state index is 0.381. The van der Waals surface area contributed by atoms with E-state index in [2.05, 4.69) is 6.92 Å². The molecule has 2 aromatic rings. The number of para-hydroxylation sites is 4. The molecule has 4 heteroatoms. The summed E-state index contributed by atoms with van der Waals surface area (Å²) < 4.78 is 22.3. The summed E-state index contributed by atoms with van der Waals surface area (Å²) in [5, 5.41) is 0. The highest BCUT2D eigenvalue weighted by molar-refractivity contribution is 5.39. The van der Waals surface area contributed by atoms with E-state index in [1.165, 1.54) is 0 Å². The summed E-state index contributed by atoms with van der Waals surface area (Å²) in [5.41, 5.74) is 0. The van der Waals surface area contributed by atoms with Crippen molar-refractivity contribution in [2.75, 3.05) is 27.4 Å². The van der Waals surface area contributed by atoms with Crippen LogP contribution in [0.3, 0.4) is 0 Å². The molecule has 0 bridgehead atoms. The number of methoxy groups -OCH3 is 2. The topological polar surface area (TPSA) is 36.9 Å². The minimum absolute atomic E-state index is 0.381. The largest absolute Gasteiger partial charge is 0.493 e. The van der Waals surface area contributed by atoms with Gasteiger partial charge in [0.1, 0.15) is 0 Å². The maximum Gasteiger partial charge on any atom is 0.161 e. The highest BCUT2D eigenvalue weighted by Crippen LogP contribution is 2.28. The van der Waals surface area contributed by atoms with E-state index < -0.39 is 0 Å². The van der Waals surface area contributed by atoms with Crippen molar-refractivity contribution < 1.29 is 18.9 Å². The van der Waals surface area contributed by atoms with E-state index in [1.807, 2.05) is 48.5 Å². The van der Waals surface area contributed by atoms with Crippen LogP contribution in [-0.4, -0.2) is 27.4 Å². The Labute approximate surface area is 150 Å². The zero-order valence-corrected chi connectivity index (χ0v) is 15.1. The molecule has 2 rings (SSSR count). The van der Waals surface area contributed by atoms with E-state index in [-0.39, 0.29) is 0 Å². The summed E-state index contributed by atoms with van der Waals surface area (Å²) in [6, 6.07) is 15.4. The first kappa shape index (κ1) is 19.0. The van der Waals surface area contributed by atoms with Gasteiger partial charge >= 0.3 is 0 Å². The van der Waals surface area contributed by atoms with Crippen LogP contribution in [0.4, 0.5) is 0 Å². The van der Waals surface area contributed by atoms with Crippen LogP contribution in [0.5, 0.6) is 23.0 Å². The molecular weight excluding hydrogens is 316 g/mol. The van der Waals surface area contributed by atoms with Gasteiger partial charge in [0.15, 0.2) is 23.0 Å². The second-order valence-electron chi connectivity index (χ2n) is 5.76. The Morgan fingerprint density at radius 2 is 1.32 bits per heavy atom. The van der Waals surface area contributed by atoms with Gasteiger partial charge in [-0.25, -0.2) is 0 Å². The van der Waals surface area contributed by atoms with Gasteiger partial charge in [0.25, 0.3) is 0 Å². The number of hydrogen-bond acceptors (Lipinski definition) is 4. The lowest BCUT2D eigenvalue weighted by Crippen LogP contribution is -2.13. The van der Waals surface area contributed by atoms with Crippen molar-refractivity contribution in [3.8, 4) is 23.0 Å². The Morgan fingerprint density at radius 3 is 1.84 bits per heavy atom. The van der Waals surface area contributed by atoms with Gasteiger partial charge in [-0.05, 0) is 49.4 Å². The van der Waals surface area contributed by atoms with Crippen molar-refractivity contribution in [3.63, 3.8) is 0 Å². The number of hydrogen-bond donors (Lipinski definition) is 0. The van der Waals surface area contributed by atoms with Gasteiger partial charge in [-0.3, -0.25) is 0 Å². The van der Waals surface area contributed by atoms with Crippen molar-refractivity contribution >= 4 is 0 Å². The lowest BCUT2D eigenvalue weighted by molar-refractivity contribution is 0.215. The van der Waals surface area contributed by atoms with Crippen LogP contribution in [-0.2, 0) is 0 Å². The molecule has 0 saturated carbocycles. The van der Waals surface area contributed by atoms with Gasteiger partial charge in [0.05, 0.1) is 27.4 Å². The van der Waals surface area contributed by atoms with Gasteiger partial charge < -0.3 is 18.9 Å². The predicted octanol–water partition coefficient (Wildman–Crippen LogP) is 4.78. The average Bonchev–Trinajstić information content (AvgIpc) is 2.68. The van der Waals surface area contributed by atoms with Gasteiger partial charge in [-0.15, -0.1) is 0 Å². The maximum absolute atomic E-state index is 5.91. The maximum atomic E-state index is 5.91. The molecule has 2 aromatic carbocycles. The Kier molecular flexibility index (Phi) is 7.96. The molecule has 0 aliphatic heterocycles. The fraction of sp³-hybridized carbons (Fsp3) is 0.381. The lowest BCUT2D eigenvalue weighted by Gasteiger charge is -2.17. The van der Waals surface area contributed by atoms with Crippen molar-refractivity contribution in [1.29, 1.82) is 0 Å². The molecule has 0 aromatic heterocycles. The SMILES string of the molecule is [CH2]CC(CCCOc1ccccc1OC)COc1ccccc1OC. The first-order valence-corrected chi connectivity index (χ1v) is 8.59. The minimum Gasteiger partial charge on any atom is -0.493 e. The Morgan fingerprint density at radius 1 is 0.800 bits per heavy atom. The number of ether oxygens (including phenoxy) is 4. The summed E-state index contributed by atoms with van der Waals surface area (Å²) in [6.07, 6.45) is 2.76. The Balaban J connectivity index is 1.75. The van der Waals surface area contributed by atoms with Crippen molar-refractivity contribution in [3.05, 3.63) is 55.5 Å². The molecule has 0 fully saturated rings. The van der Waals surface area contributed by atoms with Crippen LogP contribution >= 0.6 is 0 Å². The molecule has 25 heavy (non-hydrogen) atoms. The molecule has 0 aliphatic carbocycles. The van der Waals surface area contributed by atoms with Crippen molar-refractivity contribution in [2.24, 2.45) is 5.92 Å². The van der Waals surface area contributed by atoms with E-state index in [0.29, 0.717) is 19.1 Å². The van der Waals surface area contributed by atoms with E-state index in [9.17, 15) is 0 Å². The third-order valence-corrected chi connectivity index (χ3v) is 4.04. The smallest absolute Gasteiger partial charge is 0.161 e. The molecule has 1 unspecified atom stereocenters. The Hall–Kier alpha value is -2.36. The summed E-state index contributed by atoms with van der Waals surface area (Å²) >= 11 is 0. The van der Waals surface area contributed by atoms with E-state index in [1.54, 1.807) is 14.2 Å². The van der Waals surface area contributed by atoms with Crippen LogP contribution in [0.15, 0.2) is 48.5 Å². The quantitative estimate of drug-likeness (QED) is 0.550. The van der Waals surface area contributed by atoms with Gasteiger partial charge in [0.2, 0.25) is 0 Å². The molecule has 0 amide bonds. The monoisotopic (exact) mass is 343 g/mol. The third kappa shape index (κ3) is 5.89. The van der Waals surface area contributed by atoms with Crippen LogP contribution < -0.4 is 18.9 Å². The second-order valence-corrected chi connectivity index (χ2v) is 5.76. The second kappa shape index (κ2) is 10.5. The molecule has 0 heterocycles. The highest BCUT2D eigenvalue weighted by Gasteiger charge is 2.10. The zero-order chi connectivity index (χ0) is 17.9. The average molecular weight is 343 g/mol. The molecule has 0 aliphatic rings. The molecule has 1 radical (unpaired) electrons. The summed E-state index contributed by atoms with van der Waals surface area (Å²) in [7, 11) is 3.30. The molecule has 4 nitrogen and oxygen atoms in total. The fourth-order valence-electron chi connectivity index (χ4n) is 2.55. The Bertz CT molecular complexity index is 627. The van der Waals surface area contributed by atoms with Crippen LogP contribution in [0.2, 0.25) is 0 Å². The molecule has 0 spiro atoms. The van der Waals surface area contributed by atoms with Crippen LogP contribution in [0.25, 0.3) is 0 Å². The number of benzene rings is 2. The van der Waals surface area contributed by atoms with Crippen molar-refractivity contribution in [1.82, 2.24) is 0 Å². The van der Waals surface area contributed by atoms with Crippen molar-refractivity contribution in [2.45, 2.75) is 19.3 Å². The standard InChI is InChI=1S/C21H27O4/c1-4-17(16-25-21-14-8-6-12-19(21)23-3)10-9-15-24-20-13-7-5-11-18(20)22-2/h5-8,11-14,17H,1,4,9-10,15-16H2,2-3H3. The van der Waals surface area contributed by atoms with Crippen LogP contribution in [0, 0.1) is 12.8 Å². The first-order chi connectivity index (χ1) is 12.3. The predicted molar refractivity (Wildman–Crippen MR) is 99.7 cm³/mol. The van der Waals surface area contributed by atoms with Crippen LogP contribution in [0.1, 0.15) is 19.3 Å². The fourth-order valence-corrected chi connectivity index (χ4v) is 2.55. The molecular formula is C21H27O4. The normalized spacial score (nSPS) is 11.6. The summed E-state index contributed by atoms with van der Waals surface area (Å²) in [4.78, 5) is 0. The molecule has 0 N–H and O–H groups in total. The van der Waals surface area contributed by atoms with E-state index in [4.69, 9.17) is 18.9 Å². The first-order valence-electron chi connectivity index (χ1n) is 8.59. The van der Waals surface area contributed by atoms with Gasteiger partial charge in [-0.2, -0.15) is 0 Å². The molecule has 135 valence electrons. The van der Waals surface area contributed by atoms with Gasteiger partial charge in [0, 0.05) is 0 Å². The molecule has 1 atom stereocenters. The lowest BCUT2D eigenvalue weighted by atomic mass is 10.0. The summed E-state index contributed by atoms with van der Waals surface area (Å²) in [6.45, 7) is 5.30. The van der Waals surface area contributed by atoms with Gasteiger partial charge in [-0.1, -0.05) is 31.2 Å². The third-order valence-electron chi connectivity index (χ3n) is 4.04. The summed E-state index contributed by atoms with van der Waals surface area (Å²) in [5.74, 6) is 3.45. The zero-order valence-electron chi connectivity index (χ0n) is 15.1. The number of rotatable bonds is 11. The van der Waals surface area contributed by atoms with E-state index >= 15 is 0 Å². The van der Waals surface area contributed by atoms with E-state index in [0.717, 1.165) is 42.3 Å². The molecule has 0 saturated heterocycles. The highest BCUT2D eigenvalue weighted by atomic mass is 16.5.